The Morgan fingerprint density at radius 3 is 2.77 bits per heavy atom. The van der Waals surface area contributed by atoms with Gasteiger partial charge in [0.25, 0.3) is 0 Å². The van der Waals surface area contributed by atoms with E-state index in [-0.39, 0.29) is 40.9 Å². The molecule has 4 fully saturated rings. The number of carbonyl (C=O) groups excluding carboxylic acids is 2. The molecule has 3 saturated carbocycles. The maximum Gasteiger partial charge on any atom is 0.182 e. The fraction of sp³-hybridized carbons (Fsp3) is 0.833. The number of ketones is 2. The first kappa shape index (κ1) is 22.0. The van der Waals surface area contributed by atoms with Crippen LogP contribution in [0.15, 0.2) is 11.6 Å². The Kier molecular flexibility index (Phi) is 5.23. The molecule has 5 aliphatic rings. The molecule has 3 unspecified atom stereocenters. The second-order valence-corrected chi connectivity index (χ2v) is 11.2. The van der Waals surface area contributed by atoms with Crippen LogP contribution in [0.25, 0.3) is 0 Å². The lowest BCUT2D eigenvalue weighted by molar-refractivity contribution is -0.194. The van der Waals surface area contributed by atoms with E-state index in [2.05, 4.69) is 6.92 Å². The van der Waals surface area contributed by atoms with Crippen molar-refractivity contribution in [1.82, 2.24) is 0 Å². The number of ether oxygens (including phenoxy) is 2. The topological polar surface area (TPSA) is 96.4 Å². The van der Waals surface area contributed by atoms with Crippen molar-refractivity contribution >= 4 is 23.2 Å². The van der Waals surface area contributed by atoms with Gasteiger partial charge in [-0.1, -0.05) is 19.4 Å². The molecule has 172 valence electrons. The molecule has 31 heavy (non-hydrogen) atoms. The first-order chi connectivity index (χ1) is 14.6. The molecule has 1 heterocycles. The summed E-state index contributed by atoms with van der Waals surface area (Å²) in [6, 6.07) is 0. The molecule has 1 saturated heterocycles. The van der Waals surface area contributed by atoms with Crippen molar-refractivity contribution in [3.8, 4) is 0 Å². The van der Waals surface area contributed by atoms with Crippen LogP contribution in [0.3, 0.4) is 0 Å². The van der Waals surface area contributed by atoms with Gasteiger partial charge in [0.15, 0.2) is 17.2 Å². The highest BCUT2D eigenvalue weighted by Gasteiger charge is 2.72. The Balaban J connectivity index is 1.52. The molecular weight excluding hydrogens is 420 g/mol. The zero-order chi connectivity index (χ0) is 22.2. The van der Waals surface area contributed by atoms with Gasteiger partial charge in [-0.2, -0.15) is 0 Å². The molecule has 2 N–H and O–H groups in total. The summed E-state index contributed by atoms with van der Waals surface area (Å²) in [5, 5.41) is 23.3. The highest BCUT2D eigenvalue weighted by molar-refractivity contribution is 6.29. The number of hydrogen-bond donors (Lipinski definition) is 2. The largest absolute Gasteiger partial charge is 0.393 e. The van der Waals surface area contributed by atoms with Crippen molar-refractivity contribution in [1.29, 1.82) is 0 Å². The molecule has 0 radical (unpaired) electrons. The summed E-state index contributed by atoms with van der Waals surface area (Å²) in [5.74, 6) is -0.310. The van der Waals surface area contributed by atoms with Crippen LogP contribution in [-0.4, -0.2) is 64.8 Å². The van der Waals surface area contributed by atoms with Crippen LogP contribution in [0.2, 0.25) is 0 Å². The summed E-state index contributed by atoms with van der Waals surface area (Å²) >= 11 is 5.96. The molecule has 0 bridgehead atoms. The molecule has 0 spiro atoms. The number of rotatable bonds is 5. The maximum absolute atomic E-state index is 13.0. The summed E-state index contributed by atoms with van der Waals surface area (Å²) in [6.45, 7) is 5.13. The summed E-state index contributed by atoms with van der Waals surface area (Å²) in [7, 11) is 0. The average molecular weight is 453 g/mol. The van der Waals surface area contributed by atoms with E-state index in [1.54, 1.807) is 0 Å². The van der Waals surface area contributed by atoms with Crippen LogP contribution >= 0.6 is 11.6 Å². The van der Waals surface area contributed by atoms with Gasteiger partial charge in [-0.3, -0.25) is 9.59 Å². The normalized spacial score (nSPS) is 50.9. The first-order valence-electron chi connectivity index (χ1n) is 11.6. The zero-order valence-corrected chi connectivity index (χ0v) is 19.1. The second kappa shape index (κ2) is 7.36. The van der Waals surface area contributed by atoms with Crippen molar-refractivity contribution in [3.63, 3.8) is 0 Å². The standard InChI is InChI=1S/C24H33ClO6/c1-22-6-5-14(26)7-13(22)3-4-16-17-8-20(31-12-15-11-30-15)24(29,19(28)10-25)23(17,2)9-18(27)21(16)22/h7,15-18,20-21,27,29H,3-6,8-12H2,1-2H3/t15?,16-,17-,18?,20?,21+,22-,23-,24+/m0/s1. The molecule has 5 rings (SSSR count). The number of alkyl halides is 1. The van der Waals surface area contributed by atoms with Crippen molar-refractivity contribution in [2.24, 2.45) is 28.6 Å². The maximum atomic E-state index is 13.0. The molecule has 1 aliphatic heterocycles. The summed E-state index contributed by atoms with van der Waals surface area (Å²) in [5.41, 5.74) is -1.58. The minimum absolute atomic E-state index is 0.0135. The van der Waals surface area contributed by atoms with Gasteiger partial charge in [0.05, 0.1) is 31.3 Å². The third-order valence-corrected chi connectivity index (χ3v) is 9.77. The first-order valence-corrected chi connectivity index (χ1v) is 12.2. The predicted molar refractivity (Wildman–Crippen MR) is 114 cm³/mol. The number of epoxide rings is 1. The van der Waals surface area contributed by atoms with E-state index < -0.39 is 29.0 Å². The number of hydrogen-bond acceptors (Lipinski definition) is 6. The Morgan fingerprint density at radius 1 is 1.35 bits per heavy atom. The predicted octanol–water partition coefficient (Wildman–Crippen LogP) is 2.42. The number of halogens is 1. The summed E-state index contributed by atoms with van der Waals surface area (Å²) in [4.78, 5) is 25.1. The van der Waals surface area contributed by atoms with E-state index in [0.717, 1.165) is 24.8 Å². The Bertz CT molecular complexity index is 823. The molecule has 0 aromatic carbocycles. The van der Waals surface area contributed by atoms with Crippen LogP contribution < -0.4 is 0 Å². The Morgan fingerprint density at radius 2 is 2.10 bits per heavy atom. The van der Waals surface area contributed by atoms with E-state index in [1.165, 1.54) is 0 Å². The SMILES string of the molecule is C[C@]12CCC(=O)C=C1CC[C@@H]1[C@@H]2C(O)C[C@@]2(C)[C@H]1CC(OCC1CO1)[C@]2(O)C(=O)CCl. The van der Waals surface area contributed by atoms with Crippen LogP contribution in [0.4, 0.5) is 0 Å². The third-order valence-electron chi connectivity index (χ3n) is 9.52. The number of allylic oxidation sites excluding steroid dienone is 1. The van der Waals surface area contributed by atoms with Gasteiger partial charge in [-0.25, -0.2) is 0 Å². The number of Topliss-reactive ketones (excluding diaryl/α,β-unsaturated/α-hetero) is 1. The van der Waals surface area contributed by atoms with Gasteiger partial charge >= 0.3 is 0 Å². The molecular formula is C24H33ClO6. The number of fused-ring (bicyclic) bond motifs is 5. The highest BCUT2D eigenvalue weighted by atomic mass is 35.5. The third kappa shape index (κ3) is 3.05. The minimum atomic E-state index is -1.72. The van der Waals surface area contributed by atoms with Gasteiger partial charge in [-0.05, 0) is 61.3 Å². The minimum Gasteiger partial charge on any atom is -0.393 e. The molecule has 9 atom stereocenters. The Hall–Kier alpha value is -0.790. The monoisotopic (exact) mass is 452 g/mol. The van der Waals surface area contributed by atoms with Crippen molar-refractivity contribution in [2.45, 2.75) is 76.3 Å². The van der Waals surface area contributed by atoms with Crippen LogP contribution in [-0.2, 0) is 19.1 Å². The van der Waals surface area contributed by atoms with Crippen LogP contribution in [0, 0.1) is 28.6 Å². The average Bonchev–Trinajstić information content (AvgIpc) is 3.52. The number of aliphatic hydroxyl groups excluding tert-OH is 1. The van der Waals surface area contributed by atoms with Gasteiger partial charge in [-0.15, -0.1) is 11.6 Å². The second-order valence-electron chi connectivity index (χ2n) is 10.9. The molecule has 0 aromatic rings. The van der Waals surface area contributed by atoms with E-state index in [0.29, 0.717) is 32.5 Å². The van der Waals surface area contributed by atoms with Crippen molar-refractivity contribution in [3.05, 3.63) is 11.6 Å². The fourth-order valence-electron chi connectivity index (χ4n) is 7.85. The number of carbonyl (C=O) groups is 2. The van der Waals surface area contributed by atoms with Crippen LogP contribution in [0.5, 0.6) is 0 Å². The lowest BCUT2D eigenvalue weighted by Gasteiger charge is -2.60. The lowest BCUT2D eigenvalue weighted by atomic mass is 9.45. The smallest absolute Gasteiger partial charge is 0.182 e. The van der Waals surface area contributed by atoms with E-state index in [4.69, 9.17) is 21.1 Å². The van der Waals surface area contributed by atoms with Gasteiger partial charge in [0, 0.05) is 11.8 Å². The quantitative estimate of drug-likeness (QED) is 0.491. The highest BCUT2D eigenvalue weighted by Crippen LogP contribution is 2.68. The van der Waals surface area contributed by atoms with E-state index in [9.17, 15) is 19.8 Å². The van der Waals surface area contributed by atoms with Crippen molar-refractivity contribution in [2.75, 3.05) is 19.1 Å². The van der Waals surface area contributed by atoms with E-state index >= 15 is 0 Å². The van der Waals surface area contributed by atoms with Gasteiger partial charge < -0.3 is 19.7 Å². The molecule has 7 heteroatoms. The Labute approximate surface area is 188 Å². The van der Waals surface area contributed by atoms with E-state index in [1.807, 2.05) is 13.0 Å². The molecule has 4 aliphatic carbocycles. The molecule has 0 amide bonds. The number of aliphatic hydroxyl groups is 2. The fourth-order valence-corrected chi connectivity index (χ4v) is 8.06. The van der Waals surface area contributed by atoms with Crippen LogP contribution in [0.1, 0.15) is 52.4 Å². The molecule has 0 aromatic heterocycles. The van der Waals surface area contributed by atoms with Crippen molar-refractivity contribution < 1.29 is 29.3 Å². The zero-order valence-electron chi connectivity index (χ0n) is 18.3. The lowest BCUT2D eigenvalue weighted by Crippen LogP contribution is -2.64. The molecule has 6 nitrogen and oxygen atoms in total. The van der Waals surface area contributed by atoms with Gasteiger partial charge in [0.1, 0.15) is 6.10 Å². The summed E-state index contributed by atoms with van der Waals surface area (Å²) < 4.78 is 11.4. The summed E-state index contributed by atoms with van der Waals surface area (Å²) in [6.07, 6.45) is 4.37. The van der Waals surface area contributed by atoms with Gasteiger partial charge in [0.2, 0.25) is 0 Å².